The van der Waals surface area contributed by atoms with Gasteiger partial charge in [-0.25, -0.2) is 4.79 Å². The first-order chi connectivity index (χ1) is 7.66. The second kappa shape index (κ2) is 4.74. The first kappa shape index (κ1) is 11.3. The van der Waals surface area contributed by atoms with E-state index in [-0.39, 0.29) is 6.03 Å². The lowest BCUT2D eigenvalue weighted by Gasteiger charge is -2.31. The zero-order valence-corrected chi connectivity index (χ0v) is 10.2. The molecule has 1 saturated heterocycles. The third-order valence-electron chi connectivity index (χ3n) is 3.02. The number of nitrogens with zero attached hydrogens (tertiary/aromatic N) is 1. The molecule has 0 unspecified atom stereocenters. The number of likely N-dealkylation sites (tertiary alicyclic amines) is 1. The Morgan fingerprint density at radius 3 is 2.69 bits per heavy atom. The Morgan fingerprint density at radius 2 is 2.19 bits per heavy atom. The minimum Gasteiger partial charge on any atom is -0.381 e. The molecule has 0 atom stereocenters. The van der Waals surface area contributed by atoms with Gasteiger partial charge in [-0.2, -0.15) is 0 Å². The van der Waals surface area contributed by atoms with E-state index in [4.69, 9.17) is 5.73 Å². The highest BCUT2D eigenvalue weighted by molar-refractivity contribution is 7.08. The van der Waals surface area contributed by atoms with E-state index < -0.39 is 0 Å². The van der Waals surface area contributed by atoms with Crippen molar-refractivity contribution in [3.8, 4) is 0 Å². The van der Waals surface area contributed by atoms with Crippen LogP contribution in [0.25, 0.3) is 0 Å². The van der Waals surface area contributed by atoms with Gasteiger partial charge in [-0.05, 0) is 30.7 Å². The number of urea groups is 1. The molecule has 1 aromatic heterocycles. The SMILES string of the molecule is Cc1cscc1NC1CCN(C(N)=O)CC1. The Bertz CT molecular complexity index is 369. The number of hydrogen-bond acceptors (Lipinski definition) is 3. The van der Waals surface area contributed by atoms with Gasteiger partial charge in [0.1, 0.15) is 0 Å². The molecule has 2 amide bonds. The van der Waals surface area contributed by atoms with Crippen LogP contribution >= 0.6 is 11.3 Å². The lowest BCUT2D eigenvalue weighted by atomic mass is 10.0. The van der Waals surface area contributed by atoms with E-state index in [1.165, 1.54) is 11.3 Å². The molecule has 1 aliphatic heterocycles. The third-order valence-corrected chi connectivity index (χ3v) is 3.88. The number of carbonyl (C=O) groups excluding carboxylic acids is 1. The monoisotopic (exact) mass is 239 g/mol. The molecule has 16 heavy (non-hydrogen) atoms. The van der Waals surface area contributed by atoms with Crippen LogP contribution in [-0.4, -0.2) is 30.1 Å². The number of piperidine rings is 1. The van der Waals surface area contributed by atoms with Crippen molar-refractivity contribution in [2.75, 3.05) is 18.4 Å². The fourth-order valence-corrected chi connectivity index (χ4v) is 2.76. The van der Waals surface area contributed by atoms with Gasteiger partial charge in [0, 0.05) is 30.2 Å². The molecule has 0 bridgehead atoms. The van der Waals surface area contributed by atoms with Crippen molar-refractivity contribution in [3.63, 3.8) is 0 Å². The smallest absolute Gasteiger partial charge is 0.314 e. The van der Waals surface area contributed by atoms with Crippen LogP contribution in [0.15, 0.2) is 10.8 Å². The standard InChI is InChI=1S/C11H17N3OS/c1-8-6-16-7-10(8)13-9-2-4-14(5-3-9)11(12)15/h6-7,9,13H,2-5H2,1H3,(H2,12,15). The molecular weight excluding hydrogens is 222 g/mol. The van der Waals surface area contributed by atoms with Gasteiger partial charge in [0.05, 0.1) is 0 Å². The molecule has 2 heterocycles. The molecule has 0 aromatic carbocycles. The fraction of sp³-hybridized carbons (Fsp3) is 0.545. The number of nitrogens with one attached hydrogen (secondary N) is 1. The van der Waals surface area contributed by atoms with E-state index in [1.807, 2.05) is 0 Å². The summed E-state index contributed by atoms with van der Waals surface area (Å²) in [4.78, 5) is 12.7. The molecule has 1 fully saturated rings. The molecule has 4 nitrogen and oxygen atoms in total. The van der Waals surface area contributed by atoms with Crippen LogP contribution in [0.3, 0.4) is 0 Å². The molecule has 0 aliphatic carbocycles. The Labute approximate surface area is 99.4 Å². The maximum atomic E-state index is 11.0. The Balaban J connectivity index is 1.86. The molecule has 0 spiro atoms. The van der Waals surface area contributed by atoms with E-state index in [0.717, 1.165) is 25.9 Å². The Morgan fingerprint density at radius 1 is 1.50 bits per heavy atom. The van der Waals surface area contributed by atoms with Crippen molar-refractivity contribution in [3.05, 3.63) is 16.3 Å². The topological polar surface area (TPSA) is 58.4 Å². The first-order valence-electron chi connectivity index (χ1n) is 5.50. The predicted molar refractivity (Wildman–Crippen MR) is 66.9 cm³/mol. The lowest BCUT2D eigenvalue weighted by molar-refractivity contribution is 0.193. The summed E-state index contributed by atoms with van der Waals surface area (Å²) < 4.78 is 0. The quantitative estimate of drug-likeness (QED) is 0.829. The van der Waals surface area contributed by atoms with Crippen molar-refractivity contribution in [1.82, 2.24) is 4.90 Å². The molecule has 88 valence electrons. The van der Waals surface area contributed by atoms with Gasteiger partial charge in [-0.1, -0.05) is 0 Å². The van der Waals surface area contributed by atoms with Gasteiger partial charge in [0.2, 0.25) is 0 Å². The zero-order valence-electron chi connectivity index (χ0n) is 9.40. The predicted octanol–water partition coefficient (Wildman–Crippen LogP) is 2.01. The number of nitrogens with two attached hydrogens (primary N) is 1. The number of aryl methyl sites for hydroxylation is 1. The van der Waals surface area contributed by atoms with Crippen molar-refractivity contribution in [2.45, 2.75) is 25.8 Å². The summed E-state index contributed by atoms with van der Waals surface area (Å²) in [7, 11) is 0. The summed E-state index contributed by atoms with van der Waals surface area (Å²) >= 11 is 1.71. The molecule has 2 rings (SSSR count). The minimum absolute atomic E-state index is 0.301. The minimum atomic E-state index is -0.301. The van der Waals surface area contributed by atoms with Crippen molar-refractivity contribution >= 4 is 23.1 Å². The van der Waals surface area contributed by atoms with Gasteiger partial charge in [-0.15, -0.1) is 11.3 Å². The van der Waals surface area contributed by atoms with Crippen LogP contribution in [0, 0.1) is 6.92 Å². The fourth-order valence-electron chi connectivity index (χ4n) is 1.97. The number of thiophene rings is 1. The van der Waals surface area contributed by atoms with E-state index in [1.54, 1.807) is 16.2 Å². The number of anilines is 1. The molecule has 5 heteroatoms. The maximum absolute atomic E-state index is 11.0. The molecule has 0 saturated carbocycles. The number of primary amides is 1. The third kappa shape index (κ3) is 2.47. The molecule has 0 radical (unpaired) electrons. The normalized spacial score (nSPS) is 17.4. The van der Waals surface area contributed by atoms with E-state index >= 15 is 0 Å². The van der Waals surface area contributed by atoms with Gasteiger partial charge >= 0.3 is 6.03 Å². The number of carbonyl (C=O) groups is 1. The van der Waals surface area contributed by atoms with Gasteiger partial charge < -0.3 is 16.0 Å². The Kier molecular flexibility index (Phi) is 3.33. The summed E-state index contributed by atoms with van der Waals surface area (Å²) in [5, 5.41) is 7.79. The molecular formula is C11H17N3OS. The van der Waals surface area contributed by atoms with Gasteiger partial charge in [0.15, 0.2) is 0 Å². The van der Waals surface area contributed by atoms with Gasteiger partial charge in [0.25, 0.3) is 0 Å². The van der Waals surface area contributed by atoms with Crippen LogP contribution < -0.4 is 11.1 Å². The highest BCUT2D eigenvalue weighted by atomic mass is 32.1. The van der Waals surface area contributed by atoms with Crippen LogP contribution in [0.2, 0.25) is 0 Å². The second-order valence-electron chi connectivity index (χ2n) is 4.21. The van der Waals surface area contributed by atoms with Crippen LogP contribution in [-0.2, 0) is 0 Å². The summed E-state index contributed by atoms with van der Waals surface area (Å²) in [6, 6.07) is 0.161. The largest absolute Gasteiger partial charge is 0.381 e. The highest BCUT2D eigenvalue weighted by Crippen LogP contribution is 2.23. The Hall–Kier alpha value is -1.23. The van der Waals surface area contributed by atoms with Crippen molar-refractivity contribution < 1.29 is 4.79 Å². The number of amides is 2. The zero-order chi connectivity index (χ0) is 11.5. The number of hydrogen-bond donors (Lipinski definition) is 2. The average Bonchev–Trinajstić information content (AvgIpc) is 2.65. The van der Waals surface area contributed by atoms with E-state index in [9.17, 15) is 4.79 Å². The van der Waals surface area contributed by atoms with E-state index in [0.29, 0.717) is 6.04 Å². The van der Waals surface area contributed by atoms with Crippen molar-refractivity contribution in [1.29, 1.82) is 0 Å². The number of rotatable bonds is 2. The summed E-state index contributed by atoms with van der Waals surface area (Å²) in [6.45, 7) is 3.63. The first-order valence-corrected chi connectivity index (χ1v) is 6.45. The van der Waals surface area contributed by atoms with Crippen LogP contribution in [0.1, 0.15) is 18.4 Å². The molecule has 1 aromatic rings. The molecule has 3 N–H and O–H groups in total. The van der Waals surface area contributed by atoms with Gasteiger partial charge in [-0.3, -0.25) is 0 Å². The summed E-state index contributed by atoms with van der Waals surface area (Å²) in [6.07, 6.45) is 1.94. The second-order valence-corrected chi connectivity index (χ2v) is 4.96. The molecule has 1 aliphatic rings. The van der Waals surface area contributed by atoms with Crippen LogP contribution in [0.5, 0.6) is 0 Å². The summed E-state index contributed by atoms with van der Waals surface area (Å²) in [5.74, 6) is 0. The lowest BCUT2D eigenvalue weighted by Crippen LogP contribution is -2.44. The highest BCUT2D eigenvalue weighted by Gasteiger charge is 2.21. The summed E-state index contributed by atoms with van der Waals surface area (Å²) in [5.41, 5.74) is 7.76. The van der Waals surface area contributed by atoms with E-state index in [2.05, 4.69) is 23.0 Å². The van der Waals surface area contributed by atoms with Crippen molar-refractivity contribution in [2.24, 2.45) is 5.73 Å². The average molecular weight is 239 g/mol. The maximum Gasteiger partial charge on any atom is 0.314 e. The van der Waals surface area contributed by atoms with Crippen LogP contribution in [0.4, 0.5) is 10.5 Å².